The highest BCUT2D eigenvalue weighted by Gasteiger charge is 2.12. The molecule has 2 rings (SSSR count). The van der Waals surface area contributed by atoms with Crippen molar-refractivity contribution in [1.82, 2.24) is 20.2 Å². The predicted octanol–water partition coefficient (Wildman–Crippen LogP) is 1.36. The van der Waals surface area contributed by atoms with Gasteiger partial charge in [0.1, 0.15) is 16.5 Å². The molecule has 1 amide bonds. The molecule has 0 aromatic carbocycles. The number of nitrogens with two attached hydrogens (primary N) is 1. The van der Waals surface area contributed by atoms with E-state index in [0.717, 1.165) is 11.4 Å². The zero-order valence-corrected chi connectivity index (χ0v) is 11.4. The maximum absolute atomic E-state index is 11.9. The van der Waals surface area contributed by atoms with Crippen LogP contribution >= 0.6 is 11.3 Å². The third kappa shape index (κ3) is 3.68. The van der Waals surface area contributed by atoms with Gasteiger partial charge >= 0.3 is 0 Å². The van der Waals surface area contributed by atoms with Gasteiger partial charge in [-0.1, -0.05) is 25.2 Å². The Kier molecular flexibility index (Phi) is 4.00. The minimum atomic E-state index is -0.396. The van der Waals surface area contributed by atoms with Gasteiger partial charge in [-0.2, -0.15) is 0 Å². The van der Waals surface area contributed by atoms with Gasteiger partial charge in [0.2, 0.25) is 5.13 Å². The lowest BCUT2D eigenvalue weighted by Gasteiger charge is -2.00. The van der Waals surface area contributed by atoms with E-state index in [1.54, 1.807) is 0 Å². The van der Waals surface area contributed by atoms with Crippen LogP contribution in [-0.2, 0) is 6.42 Å². The first kappa shape index (κ1) is 13.3. The number of nitrogen functional groups attached to an aromatic ring is 1. The second-order valence-electron chi connectivity index (χ2n) is 4.38. The number of carbonyl (C=O) groups is 1. The molecular formula is C11H14N6OS. The van der Waals surface area contributed by atoms with Crippen molar-refractivity contribution in [1.29, 1.82) is 0 Å². The van der Waals surface area contributed by atoms with Crippen LogP contribution in [0, 0.1) is 5.92 Å². The number of nitrogens with one attached hydrogen (secondary N) is 1. The third-order valence-electron chi connectivity index (χ3n) is 2.16. The standard InChI is InChI=1S/C11H14N6OS/c1-6(2)3-9-16-17-11(19-9)15-10(18)7-4-13-5-8(12)14-7/h4-6H,3H2,1-2H3,(H2,12,14)(H,15,17,18). The summed E-state index contributed by atoms with van der Waals surface area (Å²) in [6.45, 7) is 4.20. The lowest BCUT2D eigenvalue weighted by Crippen LogP contribution is -2.14. The number of hydrogen-bond donors (Lipinski definition) is 2. The van der Waals surface area contributed by atoms with Crippen LogP contribution in [0.25, 0.3) is 0 Å². The Morgan fingerprint density at radius 1 is 1.42 bits per heavy atom. The topological polar surface area (TPSA) is 107 Å². The van der Waals surface area contributed by atoms with E-state index < -0.39 is 5.91 Å². The molecule has 0 atom stereocenters. The van der Waals surface area contributed by atoms with Crippen molar-refractivity contribution < 1.29 is 4.79 Å². The number of carbonyl (C=O) groups excluding carboxylic acids is 1. The Morgan fingerprint density at radius 2 is 2.21 bits per heavy atom. The van der Waals surface area contributed by atoms with Gasteiger partial charge in [0.15, 0.2) is 0 Å². The van der Waals surface area contributed by atoms with Crippen LogP contribution in [0.4, 0.5) is 10.9 Å². The summed E-state index contributed by atoms with van der Waals surface area (Å²) in [6, 6.07) is 0. The second-order valence-corrected chi connectivity index (χ2v) is 5.44. The van der Waals surface area contributed by atoms with E-state index in [-0.39, 0.29) is 11.5 Å². The fourth-order valence-electron chi connectivity index (χ4n) is 1.39. The Balaban J connectivity index is 2.05. The van der Waals surface area contributed by atoms with Crippen molar-refractivity contribution in [3.05, 3.63) is 23.1 Å². The molecule has 2 heterocycles. The molecular weight excluding hydrogens is 264 g/mol. The van der Waals surface area contributed by atoms with E-state index >= 15 is 0 Å². The minimum Gasteiger partial charge on any atom is -0.382 e. The molecule has 19 heavy (non-hydrogen) atoms. The molecule has 0 aliphatic carbocycles. The van der Waals surface area contributed by atoms with Crippen LogP contribution in [0.5, 0.6) is 0 Å². The molecule has 0 aliphatic rings. The summed E-state index contributed by atoms with van der Waals surface area (Å²) in [5, 5.41) is 11.9. The Labute approximate surface area is 114 Å². The van der Waals surface area contributed by atoms with Crippen molar-refractivity contribution in [2.24, 2.45) is 5.92 Å². The number of rotatable bonds is 4. The maximum atomic E-state index is 11.9. The molecule has 2 aromatic rings. The van der Waals surface area contributed by atoms with Crippen LogP contribution in [-0.4, -0.2) is 26.1 Å². The molecule has 0 radical (unpaired) electrons. The van der Waals surface area contributed by atoms with Gasteiger partial charge in [-0.15, -0.1) is 10.2 Å². The fraction of sp³-hybridized carbons (Fsp3) is 0.364. The lowest BCUT2D eigenvalue weighted by atomic mass is 10.1. The van der Waals surface area contributed by atoms with Crippen LogP contribution in [0.2, 0.25) is 0 Å². The largest absolute Gasteiger partial charge is 0.382 e. The van der Waals surface area contributed by atoms with Gasteiger partial charge < -0.3 is 5.73 Å². The molecule has 0 saturated heterocycles. The number of nitrogens with zero attached hydrogens (tertiary/aromatic N) is 4. The van der Waals surface area contributed by atoms with Crippen molar-refractivity contribution in [2.75, 3.05) is 11.1 Å². The van der Waals surface area contributed by atoms with Crippen molar-refractivity contribution >= 4 is 28.2 Å². The summed E-state index contributed by atoms with van der Waals surface area (Å²) >= 11 is 1.35. The van der Waals surface area contributed by atoms with Gasteiger partial charge in [0.25, 0.3) is 5.91 Å². The number of amides is 1. The Hall–Kier alpha value is -2.09. The monoisotopic (exact) mass is 278 g/mol. The Bertz CT molecular complexity index is 582. The molecule has 0 spiro atoms. The first-order valence-electron chi connectivity index (χ1n) is 5.76. The van der Waals surface area contributed by atoms with Crippen LogP contribution in [0.1, 0.15) is 29.3 Å². The summed E-state index contributed by atoms with van der Waals surface area (Å²) in [5.74, 6) is 0.300. The van der Waals surface area contributed by atoms with E-state index in [0.29, 0.717) is 11.0 Å². The summed E-state index contributed by atoms with van der Waals surface area (Å²) in [4.78, 5) is 19.6. The maximum Gasteiger partial charge on any atom is 0.277 e. The zero-order valence-electron chi connectivity index (χ0n) is 10.6. The molecule has 100 valence electrons. The molecule has 0 aliphatic heterocycles. The minimum absolute atomic E-state index is 0.153. The molecule has 0 unspecified atom stereocenters. The quantitative estimate of drug-likeness (QED) is 0.874. The molecule has 0 saturated carbocycles. The zero-order chi connectivity index (χ0) is 13.8. The molecule has 0 fully saturated rings. The Morgan fingerprint density at radius 3 is 2.89 bits per heavy atom. The summed E-state index contributed by atoms with van der Waals surface area (Å²) in [5.41, 5.74) is 5.62. The highest BCUT2D eigenvalue weighted by atomic mass is 32.1. The first-order chi connectivity index (χ1) is 9.04. The summed E-state index contributed by atoms with van der Waals surface area (Å²) < 4.78 is 0. The number of anilines is 2. The van der Waals surface area contributed by atoms with E-state index in [9.17, 15) is 4.79 Å². The van der Waals surface area contributed by atoms with Gasteiger partial charge in [-0.25, -0.2) is 4.98 Å². The molecule has 8 heteroatoms. The summed E-state index contributed by atoms with van der Waals surface area (Å²) in [7, 11) is 0. The van der Waals surface area contributed by atoms with Crippen molar-refractivity contribution in [3.8, 4) is 0 Å². The molecule has 7 nitrogen and oxygen atoms in total. The smallest absolute Gasteiger partial charge is 0.277 e. The van der Waals surface area contributed by atoms with Gasteiger partial charge in [-0.3, -0.25) is 15.1 Å². The van der Waals surface area contributed by atoms with Crippen LogP contribution < -0.4 is 11.1 Å². The molecule has 0 bridgehead atoms. The molecule has 2 aromatic heterocycles. The fourth-order valence-corrected chi connectivity index (χ4v) is 2.33. The van der Waals surface area contributed by atoms with E-state index in [1.807, 2.05) is 0 Å². The second kappa shape index (κ2) is 5.70. The molecule has 3 N–H and O–H groups in total. The number of aromatic nitrogens is 4. The van der Waals surface area contributed by atoms with Crippen LogP contribution in [0.15, 0.2) is 12.4 Å². The summed E-state index contributed by atoms with van der Waals surface area (Å²) in [6.07, 6.45) is 3.57. The van der Waals surface area contributed by atoms with Gasteiger partial charge in [0.05, 0.1) is 12.4 Å². The van der Waals surface area contributed by atoms with E-state index in [4.69, 9.17) is 5.73 Å². The van der Waals surface area contributed by atoms with Crippen LogP contribution in [0.3, 0.4) is 0 Å². The van der Waals surface area contributed by atoms with Crippen molar-refractivity contribution in [2.45, 2.75) is 20.3 Å². The van der Waals surface area contributed by atoms with Crippen molar-refractivity contribution in [3.63, 3.8) is 0 Å². The third-order valence-corrected chi connectivity index (χ3v) is 3.02. The predicted molar refractivity (Wildman–Crippen MR) is 72.8 cm³/mol. The average Bonchev–Trinajstić information content (AvgIpc) is 2.75. The normalized spacial score (nSPS) is 10.7. The first-order valence-corrected chi connectivity index (χ1v) is 6.57. The van der Waals surface area contributed by atoms with Gasteiger partial charge in [-0.05, 0) is 5.92 Å². The van der Waals surface area contributed by atoms with E-state index in [1.165, 1.54) is 23.7 Å². The lowest BCUT2D eigenvalue weighted by molar-refractivity contribution is 0.102. The highest BCUT2D eigenvalue weighted by molar-refractivity contribution is 7.15. The van der Waals surface area contributed by atoms with E-state index in [2.05, 4.69) is 39.3 Å². The average molecular weight is 278 g/mol. The SMILES string of the molecule is CC(C)Cc1nnc(NC(=O)c2cncc(N)n2)s1. The number of hydrogen-bond acceptors (Lipinski definition) is 7. The van der Waals surface area contributed by atoms with Gasteiger partial charge in [0, 0.05) is 6.42 Å². The highest BCUT2D eigenvalue weighted by Crippen LogP contribution is 2.18.